The Kier molecular flexibility index (Phi) is 3.72. The summed E-state index contributed by atoms with van der Waals surface area (Å²) in [6.45, 7) is 0. The van der Waals surface area contributed by atoms with Crippen molar-refractivity contribution in [1.82, 2.24) is 4.98 Å². The second kappa shape index (κ2) is 4.93. The maximum atomic E-state index is 12.5. The second-order valence-electron chi connectivity index (χ2n) is 3.36. The summed E-state index contributed by atoms with van der Waals surface area (Å²) in [5.74, 6) is 0. The molecule has 1 nitrogen and oxygen atoms in total. The van der Waals surface area contributed by atoms with Crippen LogP contribution in [0.2, 0.25) is 0 Å². The van der Waals surface area contributed by atoms with E-state index < -0.39 is 11.7 Å². The number of hydrogen-bond acceptors (Lipinski definition) is 2. The van der Waals surface area contributed by atoms with E-state index in [9.17, 15) is 13.2 Å². The van der Waals surface area contributed by atoms with E-state index >= 15 is 0 Å². The van der Waals surface area contributed by atoms with Crippen LogP contribution in [0.4, 0.5) is 13.2 Å². The highest BCUT2D eigenvalue weighted by molar-refractivity contribution is 14.1. The molecule has 17 heavy (non-hydrogen) atoms. The molecule has 0 amide bonds. The Hall–Kier alpha value is -0.630. The summed E-state index contributed by atoms with van der Waals surface area (Å²) < 4.78 is 38.4. The van der Waals surface area contributed by atoms with Crippen LogP contribution in [-0.2, 0) is 10.6 Å². The number of benzene rings is 1. The molecule has 90 valence electrons. The fourth-order valence-electron chi connectivity index (χ4n) is 1.33. The third-order valence-electron chi connectivity index (χ3n) is 2.13. The number of nitrogens with zero attached hydrogens (tertiary/aromatic N) is 1. The Morgan fingerprint density at radius 3 is 2.65 bits per heavy atom. The van der Waals surface area contributed by atoms with Crippen molar-refractivity contribution in [1.29, 1.82) is 0 Å². The first-order valence-corrected chi connectivity index (χ1v) is 7.09. The highest BCUT2D eigenvalue weighted by atomic mass is 127. The molecule has 1 heterocycles. The van der Waals surface area contributed by atoms with Crippen LogP contribution in [0.25, 0.3) is 10.6 Å². The molecule has 0 aliphatic heterocycles. The van der Waals surface area contributed by atoms with Gasteiger partial charge in [-0.3, -0.25) is 0 Å². The minimum atomic E-state index is -4.31. The summed E-state index contributed by atoms with van der Waals surface area (Å²) in [5, 5.41) is 2.49. The molecule has 0 atom stereocenters. The number of halogens is 4. The van der Waals surface area contributed by atoms with Gasteiger partial charge in [-0.15, -0.1) is 11.3 Å². The first kappa shape index (κ1) is 12.8. The van der Waals surface area contributed by atoms with Gasteiger partial charge in [-0.2, -0.15) is 13.2 Å². The Balaban J connectivity index is 2.39. The number of rotatable bonds is 2. The molecule has 2 aromatic rings. The van der Waals surface area contributed by atoms with Crippen LogP contribution < -0.4 is 0 Å². The maximum absolute atomic E-state index is 12.5. The highest BCUT2D eigenvalue weighted by Crippen LogP contribution is 2.33. The van der Waals surface area contributed by atoms with E-state index in [-0.39, 0.29) is 0 Å². The molecule has 2 rings (SSSR count). The van der Waals surface area contributed by atoms with Gasteiger partial charge < -0.3 is 0 Å². The first-order valence-electron chi connectivity index (χ1n) is 4.68. The Labute approximate surface area is 114 Å². The van der Waals surface area contributed by atoms with Gasteiger partial charge in [0.1, 0.15) is 5.01 Å². The summed E-state index contributed by atoms with van der Waals surface area (Å²) in [6, 6.07) is 5.25. The van der Waals surface area contributed by atoms with Crippen LogP contribution >= 0.6 is 33.9 Å². The van der Waals surface area contributed by atoms with Gasteiger partial charge in [-0.05, 0) is 12.1 Å². The van der Waals surface area contributed by atoms with Crippen molar-refractivity contribution in [3.8, 4) is 10.6 Å². The number of thiazole rings is 1. The van der Waals surface area contributed by atoms with Gasteiger partial charge in [-0.1, -0.05) is 34.7 Å². The minimum Gasteiger partial charge on any atom is -0.240 e. The predicted molar refractivity (Wildman–Crippen MR) is 70.3 cm³/mol. The minimum absolute atomic E-state index is 0.515. The summed E-state index contributed by atoms with van der Waals surface area (Å²) in [4.78, 5) is 4.27. The molecule has 0 N–H and O–H groups in total. The number of hydrogen-bond donors (Lipinski definition) is 0. The topological polar surface area (TPSA) is 12.9 Å². The molecule has 0 fully saturated rings. The normalized spacial score (nSPS) is 11.8. The van der Waals surface area contributed by atoms with Crippen molar-refractivity contribution in [3.63, 3.8) is 0 Å². The average Bonchev–Trinajstić information content (AvgIpc) is 2.76. The molecule has 0 aliphatic carbocycles. The largest absolute Gasteiger partial charge is 0.416 e. The van der Waals surface area contributed by atoms with E-state index in [1.165, 1.54) is 17.4 Å². The Morgan fingerprint density at radius 1 is 1.29 bits per heavy atom. The molecule has 1 aromatic heterocycles. The average molecular weight is 369 g/mol. The SMILES string of the molecule is FC(F)(F)c1cccc(-c2nc(CI)cs2)c1. The zero-order valence-corrected chi connectivity index (χ0v) is 11.4. The van der Waals surface area contributed by atoms with E-state index in [1.807, 2.05) is 5.38 Å². The molecule has 0 unspecified atom stereocenters. The van der Waals surface area contributed by atoms with E-state index in [0.717, 1.165) is 22.3 Å². The van der Waals surface area contributed by atoms with Crippen LogP contribution in [0.5, 0.6) is 0 Å². The molecule has 0 radical (unpaired) electrons. The van der Waals surface area contributed by atoms with Crippen LogP contribution in [0.3, 0.4) is 0 Å². The van der Waals surface area contributed by atoms with E-state index in [1.54, 1.807) is 6.07 Å². The molecule has 0 bridgehead atoms. The molecule has 0 saturated carbocycles. The van der Waals surface area contributed by atoms with Crippen molar-refractivity contribution >= 4 is 33.9 Å². The maximum Gasteiger partial charge on any atom is 0.416 e. The second-order valence-corrected chi connectivity index (χ2v) is 4.98. The number of aromatic nitrogens is 1. The Morgan fingerprint density at radius 2 is 2.06 bits per heavy atom. The lowest BCUT2D eigenvalue weighted by molar-refractivity contribution is -0.137. The van der Waals surface area contributed by atoms with Crippen molar-refractivity contribution in [2.24, 2.45) is 0 Å². The van der Waals surface area contributed by atoms with Crippen molar-refractivity contribution in [3.05, 3.63) is 40.9 Å². The smallest absolute Gasteiger partial charge is 0.240 e. The zero-order chi connectivity index (χ0) is 12.5. The summed E-state index contributed by atoms with van der Waals surface area (Å²) in [5.41, 5.74) is 0.769. The van der Waals surface area contributed by atoms with Crippen molar-refractivity contribution in [2.75, 3.05) is 0 Å². The van der Waals surface area contributed by atoms with Crippen molar-refractivity contribution in [2.45, 2.75) is 10.6 Å². The summed E-state index contributed by atoms with van der Waals surface area (Å²) >= 11 is 3.53. The third-order valence-corrected chi connectivity index (χ3v) is 3.85. The highest BCUT2D eigenvalue weighted by Gasteiger charge is 2.30. The lowest BCUT2D eigenvalue weighted by atomic mass is 10.1. The summed E-state index contributed by atoms with van der Waals surface area (Å²) in [6.07, 6.45) is -4.31. The third kappa shape index (κ3) is 2.98. The van der Waals surface area contributed by atoms with Crippen LogP contribution in [-0.4, -0.2) is 4.98 Å². The van der Waals surface area contributed by atoms with E-state index in [4.69, 9.17) is 0 Å². The van der Waals surface area contributed by atoms with Gasteiger partial charge in [0.25, 0.3) is 0 Å². The lowest BCUT2D eigenvalue weighted by Crippen LogP contribution is -2.04. The van der Waals surface area contributed by atoms with E-state index in [0.29, 0.717) is 10.6 Å². The lowest BCUT2D eigenvalue weighted by Gasteiger charge is -2.07. The monoisotopic (exact) mass is 369 g/mol. The fraction of sp³-hybridized carbons (Fsp3) is 0.182. The Bertz CT molecular complexity index is 521. The quantitative estimate of drug-likeness (QED) is 0.549. The molecule has 0 spiro atoms. The first-order chi connectivity index (χ1) is 8.00. The predicted octanol–water partition coefficient (Wildman–Crippen LogP) is 4.76. The van der Waals surface area contributed by atoms with Gasteiger partial charge in [0.15, 0.2) is 0 Å². The zero-order valence-electron chi connectivity index (χ0n) is 8.46. The van der Waals surface area contributed by atoms with Crippen LogP contribution in [0.15, 0.2) is 29.6 Å². The molecular weight excluding hydrogens is 362 g/mol. The van der Waals surface area contributed by atoms with Crippen LogP contribution in [0, 0.1) is 0 Å². The van der Waals surface area contributed by atoms with Gasteiger partial charge in [0, 0.05) is 15.4 Å². The van der Waals surface area contributed by atoms with Gasteiger partial charge >= 0.3 is 6.18 Å². The molecule has 6 heteroatoms. The molecule has 1 aromatic carbocycles. The van der Waals surface area contributed by atoms with Gasteiger partial charge in [0.2, 0.25) is 0 Å². The van der Waals surface area contributed by atoms with E-state index in [2.05, 4.69) is 27.6 Å². The van der Waals surface area contributed by atoms with Gasteiger partial charge in [0.05, 0.1) is 11.3 Å². The van der Waals surface area contributed by atoms with Crippen LogP contribution in [0.1, 0.15) is 11.3 Å². The standard InChI is InChI=1S/C11H7F3INS/c12-11(13,14)8-3-1-2-7(4-8)10-16-9(5-15)6-17-10/h1-4,6H,5H2. The summed E-state index contributed by atoms with van der Waals surface area (Å²) in [7, 11) is 0. The van der Waals surface area contributed by atoms with Crippen molar-refractivity contribution < 1.29 is 13.2 Å². The van der Waals surface area contributed by atoms with Gasteiger partial charge in [-0.25, -0.2) is 4.98 Å². The number of alkyl halides is 4. The molecular formula is C11H7F3INS. The molecule has 0 saturated heterocycles. The fourth-order valence-corrected chi connectivity index (χ4v) is 2.84. The molecule has 0 aliphatic rings.